The molecule has 0 spiro atoms. The molecule has 4 amide bonds. The highest BCUT2D eigenvalue weighted by Crippen LogP contribution is 2.39. The number of halogens is 3. The Morgan fingerprint density at radius 3 is 2.33 bits per heavy atom. The molecule has 2 heterocycles. The average molecular weight is 592 g/mol. The van der Waals surface area contributed by atoms with Crippen LogP contribution in [0.4, 0.5) is 14.0 Å². The molecule has 4 rings (SSSR count). The van der Waals surface area contributed by atoms with Gasteiger partial charge in [-0.05, 0) is 87.1 Å². The number of carbonyl (C=O) groups excluding carboxylic acids is 3. The molecule has 1 saturated heterocycles. The van der Waals surface area contributed by atoms with Gasteiger partial charge >= 0.3 is 12.1 Å². The molecule has 0 aromatic heterocycles. The summed E-state index contributed by atoms with van der Waals surface area (Å²) in [5.41, 5.74) is 2.28. The second-order valence-electron chi connectivity index (χ2n) is 10.0. The zero-order valence-corrected chi connectivity index (χ0v) is 24.3. The van der Waals surface area contributed by atoms with Gasteiger partial charge in [-0.25, -0.2) is 18.9 Å². The fourth-order valence-corrected chi connectivity index (χ4v) is 5.62. The lowest BCUT2D eigenvalue weighted by atomic mass is 9.89. The second-order valence-corrected chi connectivity index (χ2v) is 10.8. The van der Waals surface area contributed by atoms with E-state index < -0.39 is 24.1 Å². The summed E-state index contributed by atoms with van der Waals surface area (Å²) in [6, 6.07) is 9.81. The number of rotatable bonds is 7. The van der Waals surface area contributed by atoms with Crippen LogP contribution in [0.5, 0.6) is 0 Å². The number of carbonyl (C=O) groups is 3. The van der Waals surface area contributed by atoms with Crippen LogP contribution in [0.25, 0.3) is 0 Å². The topological polar surface area (TPSA) is 82.2 Å². The van der Waals surface area contributed by atoms with E-state index in [2.05, 4.69) is 10.2 Å². The van der Waals surface area contributed by atoms with Crippen molar-refractivity contribution in [1.82, 2.24) is 20.0 Å². The first-order valence-electron chi connectivity index (χ1n) is 13.2. The van der Waals surface area contributed by atoms with Crippen LogP contribution in [0.1, 0.15) is 49.3 Å². The Hall–Kier alpha value is -3.14. The number of piperidine rings is 1. The van der Waals surface area contributed by atoms with E-state index in [1.165, 1.54) is 36.8 Å². The van der Waals surface area contributed by atoms with Crippen LogP contribution in [0.15, 0.2) is 53.7 Å². The summed E-state index contributed by atoms with van der Waals surface area (Å²) >= 11 is 12.3. The number of allylic oxidation sites excluding steroid dienone is 1. The molecule has 0 aliphatic carbocycles. The number of benzene rings is 2. The lowest BCUT2D eigenvalue weighted by Gasteiger charge is -2.39. The van der Waals surface area contributed by atoms with Crippen molar-refractivity contribution in [2.24, 2.45) is 0 Å². The van der Waals surface area contributed by atoms with Gasteiger partial charge in [-0.3, -0.25) is 4.79 Å². The summed E-state index contributed by atoms with van der Waals surface area (Å²) in [6.45, 7) is 4.76. The molecule has 2 aliphatic rings. The van der Waals surface area contributed by atoms with E-state index >= 15 is 0 Å². The van der Waals surface area contributed by atoms with Crippen molar-refractivity contribution >= 4 is 41.2 Å². The van der Waals surface area contributed by atoms with Gasteiger partial charge in [0, 0.05) is 19.3 Å². The van der Waals surface area contributed by atoms with E-state index in [-0.39, 0.29) is 16.4 Å². The number of hydrogen-bond donors (Lipinski definition) is 1. The highest BCUT2D eigenvalue weighted by atomic mass is 35.5. The quantitative estimate of drug-likeness (QED) is 0.402. The van der Waals surface area contributed by atoms with Crippen LogP contribution in [0, 0.1) is 5.82 Å². The van der Waals surface area contributed by atoms with E-state index in [9.17, 15) is 18.8 Å². The van der Waals surface area contributed by atoms with Crippen LogP contribution in [0.3, 0.4) is 0 Å². The number of hydrogen-bond acceptors (Lipinski definition) is 5. The van der Waals surface area contributed by atoms with Gasteiger partial charge in [-0.1, -0.05) is 41.4 Å². The Balaban J connectivity index is 1.41. The number of ether oxygens (including phenoxy) is 1. The minimum atomic E-state index is -1.04. The first-order chi connectivity index (χ1) is 19.1. The molecule has 0 radical (unpaired) electrons. The van der Waals surface area contributed by atoms with E-state index in [1.54, 1.807) is 25.1 Å². The normalized spacial score (nSPS) is 18.8. The summed E-state index contributed by atoms with van der Waals surface area (Å²) in [4.78, 5) is 43.9. The molecule has 2 aromatic rings. The van der Waals surface area contributed by atoms with Crippen LogP contribution in [-0.4, -0.2) is 73.1 Å². The Morgan fingerprint density at radius 2 is 1.70 bits per heavy atom. The average Bonchev–Trinajstić information content (AvgIpc) is 2.95. The lowest BCUT2D eigenvalue weighted by molar-refractivity contribution is -0.118. The van der Waals surface area contributed by atoms with Crippen molar-refractivity contribution in [1.29, 1.82) is 0 Å². The largest absolute Gasteiger partial charge is 0.452 e. The van der Waals surface area contributed by atoms with Crippen molar-refractivity contribution < 1.29 is 23.5 Å². The molecule has 1 fully saturated rings. The summed E-state index contributed by atoms with van der Waals surface area (Å²) < 4.78 is 18.1. The molecule has 40 heavy (non-hydrogen) atoms. The third-order valence-electron chi connectivity index (χ3n) is 7.66. The number of methoxy groups -OCH3 is 1. The van der Waals surface area contributed by atoms with Crippen LogP contribution >= 0.6 is 23.2 Å². The monoisotopic (exact) mass is 590 g/mol. The first-order valence-corrected chi connectivity index (χ1v) is 13.9. The van der Waals surface area contributed by atoms with Crippen LogP contribution in [-0.2, 0) is 9.53 Å². The first kappa shape index (κ1) is 29.8. The molecular formula is C29H33Cl2FN4O4. The zero-order chi connectivity index (χ0) is 29.0. The van der Waals surface area contributed by atoms with Crippen molar-refractivity contribution in [2.75, 3.05) is 40.3 Å². The lowest BCUT2D eigenvalue weighted by Crippen LogP contribution is -2.52. The van der Waals surface area contributed by atoms with Crippen molar-refractivity contribution in [2.45, 2.75) is 38.1 Å². The molecule has 214 valence electrons. The van der Waals surface area contributed by atoms with E-state index in [0.717, 1.165) is 43.8 Å². The molecule has 2 aliphatic heterocycles. The molecule has 0 bridgehead atoms. The smallest absolute Gasteiger partial charge is 0.418 e. The third-order valence-corrected chi connectivity index (χ3v) is 8.40. The molecular weight excluding hydrogens is 558 g/mol. The van der Waals surface area contributed by atoms with Gasteiger partial charge in [0.1, 0.15) is 11.9 Å². The van der Waals surface area contributed by atoms with Crippen molar-refractivity contribution in [3.05, 3.63) is 80.7 Å². The number of nitrogens with zero attached hydrogens (tertiary/aromatic N) is 3. The molecule has 0 saturated carbocycles. The van der Waals surface area contributed by atoms with Gasteiger partial charge in [-0.2, -0.15) is 0 Å². The number of imide groups is 1. The van der Waals surface area contributed by atoms with Gasteiger partial charge in [0.15, 0.2) is 0 Å². The fourth-order valence-electron chi connectivity index (χ4n) is 5.32. The highest BCUT2D eigenvalue weighted by molar-refractivity contribution is 6.42. The predicted molar refractivity (Wildman–Crippen MR) is 152 cm³/mol. The summed E-state index contributed by atoms with van der Waals surface area (Å²) in [5.74, 6) is -0.188. The van der Waals surface area contributed by atoms with Gasteiger partial charge in [0.05, 0.1) is 22.7 Å². The maximum atomic E-state index is 13.5. The standard InChI is InChI=1S/C29H33Cl2FN4O4/c1-18-25(26(21-7-10-23(30)24(31)17-21)36(29(39)40-3)28(38)34(18)2)27(37)33-13-4-14-35-15-11-20(12-16-35)19-5-8-22(32)9-6-19/h5-10,17,20,26H,4,11-16H2,1-3H3,(H,33,37)/t26-/m1/s1. The molecule has 2 aromatic carbocycles. The van der Waals surface area contributed by atoms with Gasteiger partial charge < -0.3 is 19.9 Å². The number of nitrogens with one attached hydrogen (secondary N) is 1. The predicted octanol–water partition coefficient (Wildman–Crippen LogP) is 5.97. The summed E-state index contributed by atoms with van der Waals surface area (Å²) in [6.07, 6.45) is 1.83. The van der Waals surface area contributed by atoms with E-state index in [0.29, 0.717) is 28.7 Å². The van der Waals surface area contributed by atoms with Gasteiger partial charge in [-0.15, -0.1) is 0 Å². The van der Waals surface area contributed by atoms with Gasteiger partial charge in [0.25, 0.3) is 5.91 Å². The Labute approximate surface area is 243 Å². The second kappa shape index (κ2) is 13.0. The fraction of sp³-hybridized carbons (Fsp3) is 0.414. The molecule has 1 atom stereocenters. The maximum Gasteiger partial charge on any atom is 0.418 e. The Bertz CT molecular complexity index is 1300. The molecule has 8 nitrogen and oxygen atoms in total. The minimum Gasteiger partial charge on any atom is -0.452 e. The number of urea groups is 1. The van der Waals surface area contributed by atoms with Crippen LogP contribution in [0.2, 0.25) is 10.0 Å². The van der Waals surface area contributed by atoms with E-state index in [4.69, 9.17) is 27.9 Å². The van der Waals surface area contributed by atoms with E-state index in [1.807, 2.05) is 12.1 Å². The maximum absolute atomic E-state index is 13.5. The Morgan fingerprint density at radius 1 is 1.05 bits per heavy atom. The zero-order valence-electron chi connectivity index (χ0n) is 22.8. The summed E-state index contributed by atoms with van der Waals surface area (Å²) in [5, 5.41) is 3.51. The van der Waals surface area contributed by atoms with Gasteiger partial charge in [0.2, 0.25) is 0 Å². The summed E-state index contributed by atoms with van der Waals surface area (Å²) in [7, 11) is 2.68. The SMILES string of the molecule is COC(=O)N1C(=O)N(C)C(C)=C(C(=O)NCCCN2CCC(c3ccc(F)cc3)CC2)[C@H]1c1ccc(Cl)c(Cl)c1. The third kappa shape index (κ3) is 6.43. The van der Waals surface area contributed by atoms with Crippen LogP contribution < -0.4 is 5.32 Å². The molecule has 11 heteroatoms. The minimum absolute atomic E-state index is 0.220. The van der Waals surface area contributed by atoms with Crippen molar-refractivity contribution in [3.63, 3.8) is 0 Å². The van der Waals surface area contributed by atoms with Crippen molar-refractivity contribution in [3.8, 4) is 0 Å². The number of likely N-dealkylation sites (tertiary alicyclic amines) is 1. The highest BCUT2D eigenvalue weighted by Gasteiger charge is 2.44. The molecule has 0 unspecified atom stereocenters. The number of amides is 4. The molecule has 1 N–H and O–H groups in total. The Kier molecular flexibility index (Phi) is 9.71.